The average molecular weight is 312 g/mol. The molecule has 0 heterocycles. The first kappa shape index (κ1) is 16.7. The van der Waals surface area contributed by atoms with Crippen molar-refractivity contribution in [2.24, 2.45) is 5.84 Å². The van der Waals surface area contributed by atoms with Crippen molar-refractivity contribution in [1.29, 1.82) is 0 Å². The monoisotopic (exact) mass is 312 g/mol. The van der Waals surface area contributed by atoms with Gasteiger partial charge in [0, 0.05) is 18.4 Å². The number of hydrogen-bond acceptors (Lipinski definition) is 4. The number of carbonyl (C=O) groups is 2. The fourth-order valence-electron chi connectivity index (χ4n) is 2.23. The number of nitrogens with zero attached hydrogens (tertiary/aromatic N) is 1. The van der Waals surface area contributed by atoms with E-state index >= 15 is 0 Å². The van der Waals surface area contributed by atoms with Gasteiger partial charge in [0.05, 0.1) is 12.8 Å². The first-order valence-corrected chi connectivity index (χ1v) is 7.33. The molecule has 5 heteroatoms. The van der Waals surface area contributed by atoms with E-state index < -0.39 is 0 Å². The normalized spacial score (nSPS) is 10.2. The molecule has 0 spiro atoms. The van der Waals surface area contributed by atoms with Gasteiger partial charge < -0.3 is 4.74 Å². The van der Waals surface area contributed by atoms with E-state index in [1.165, 1.54) is 0 Å². The average Bonchev–Trinajstić information content (AvgIpc) is 2.59. The van der Waals surface area contributed by atoms with Gasteiger partial charge in [-0.05, 0) is 42.8 Å². The third kappa shape index (κ3) is 4.17. The molecule has 0 radical (unpaired) electrons. The first-order chi connectivity index (χ1) is 11.0. The van der Waals surface area contributed by atoms with Gasteiger partial charge in [0.25, 0.3) is 0 Å². The van der Waals surface area contributed by atoms with Crippen LogP contribution in [0.25, 0.3) is 0 Å². The number of anilines is 1. The maximum Gasteiger partial charge on any atom is 0.241 e. The molecule has 2 rings (SSSR count). The van der Waals surface area contributed by atoms with Crippen LogP contribution in [0, 0.1) is 6.92 Å². The zero-order valence-corrected chi connectivity index (χ0v) is 13.3. The molecule has 0 bridgehead atoms. The van der Waals surface area contributed by atoms with Gasteiger partial charge in [-0.25, -0.2) is 10.9 Å². The summed E-state index contributed by atoms with van der Waals surface area (Å²) >= 11 is 0. The van der Waals surface area contributed by atoms with Crippen molar-refractivity contribution in [2.75, 3.05) is 12.1 Å². The summed E-state index contributed by atoms with van der Waals surface area (Å²) in [5.41, 5.74) is 2.11. The summed E-state index contributed by atoms with van der Waals surface area (Å²) in [6.45, 7) is 1.88. The number of ketones is 1. The fraction of sp³-hybridized carbons (Fsp3) is 0.222. The van der Waals surface area contributed by atoms with Gasteiger partial charge in [-0.3, -0.25) is 9.59 Å². The van der Waals surface area contributed by atoms with E-state index in [9.17, 15) is 9.59 Å². The Hall–Kier alpha value is -2.66. The van der Waals surface area contributed by atoms with Crippen molar-refractivity contribution in [1.82, 2.24) is 0 Å². The third-order valence-corrected chi connectivity index (χ3v) is 3.62. The number of aryl methyl sites for hydroxylation is 1. The number of ether oxygens (including phenoxy) is 1. The van der Waals surface area contributed by atoms with Crippen LogP contribution in [0.4, 0.5) is 5.69 Å². The molecule has 5 nitrogen and oxygen atoms in total. The molecule has 0 fully saturated rings. The molecule has 120 valence electrons. The molecule has 0 aliphatic carbocycles. The minimum atomic E-state index is -0.291. The molecular formula is C18H20N2O3. The topological polar surface area (TPSA) is 72.6 Å². The summed E-state index contributed by atoms with van der Waals surface area (Å²) in [6, 6.07) is 14.2. The summed E-state index contributed by atoms with van der Waals surface area (Å²) in [5.74, 6) is 6.16. The van der Waals surface area contributed by atoms with Crippen LogP contribution in [0.15, 0.2) is 48.5 Å². The van der Waals surface area contributed by atoms with Crippen molar-refractivity contribution < 1.29 is 14.3 Å². The minimum absolute atomic E-state index is 0.0652. The molecule has 0 aliphatic heterocycles. The zero-order chi connectivity index (χ0) is 16.8. The van der Waals surface area contributed by atoms with Crippen molar-refractivity contribution in [3.8, 4) is 5.75 Å². The minimum Gasteiger partial charge on any atom is -0.497 e. The standard InChI is InChI=1S/C18H20N2O3/c1-13-5-3-4-6-16(13)20(19)18(22)12-11-17(21)14-7-9-15(23-2)10-8-14/h3-10H,11-12,19H2,1-2H3. The van der Waals surface area contributed by atoms with Crippen molar-refractivity contribution >= 4 is 17.4 Å². The van der Waals surface area contributed by atoms with Crippen LogP contribution < -0.4 is 15.6 Å². The van der Waals surface area contributed by atoms with E-state index in [0.717, 1.165) is 10.6 Å². The van der Waals surface area contributed by atoms with Crippen molar-refractivity contribution in [3.63, 3.8) is 0 Å². The van der Waals surface area contributed by atoms with E-state index in [1.54, 1.807) is 37.4 Å². The lowest BCUT2D eigenvalue weighted by Crippen LogP contribution is -2.38. The summed E-state index contributed by atoms with van der Waals surface area (Å²) in [5, 5.41) is 1.11. The predicted molar refractivity (Wildman–Crippen MR) is 89.4 cm³/mol. The maximum absolute atomic E-state index is 12.2. The molecule has 0 atom stereocenters. The maximum atomic E-state index is 12.2. The highest BCUT2D eigenvalue weighted by Gasteiger charge is 2.16. The van der Waals surface area contributed by atoms with Gasteiger partial charge in [0.1, 0.15) is 5.75 Å². The van der Waals surface area contributed by atoms with Crippen LogP contribution >= 0.6 is 0 Å². The lowest BCUT2D eigenvalue weighted by atomic mass is 10.1. The molecule has 0 saturated heterocycles. The van der Waals surface area contributed by atoms with E-state index in [-0.39, 0.29) is 24.5 Å². The molecular weight excluding hydrogens is 292 g/mol. The second-order valence-corrected chi connectivity index (χ2v) is 5.20. The molecule has 0 unspecified atom stereocenters. The molecule has 0 aliphatic rings. The predicted octanol–water partition coefficient (Wildman–Crippen LogP) is 2.87. The van der Waals surface area contributed by atoms with Gasteiger partial charge in [0.2, 0.25) is 5.91 Å². The molecule has 0 saturated carbocycles. The largest absolute Gasteiger partial charge is 0.497 e. The Bertz CT molecular complexity index is 696. The number of methoxy groups -OCH3 is 1. The number of Topliss-reactive ketones (excluding diaryl/α,β-unsaturated/α-hetero) is 1. The first-order valence-electron chi connectivity index (χ1n) is 7.33. The Morgan fingerprint density at radius 3 is 2.30 bits per heavy atom. The van der Waals surface area contributed by atoms with Gasteiger partial charge in [0.15, 0.2) is 5.78 Å². The Balaban J connectivity index is 1.95. The van der Waals surface area contributed by atoms with Crippen LogP contribution in [-0.2, 0) is 4.79 Å². The van der Waals surface area contributed by atoms with Crippen molar-refractivity contribution in [3.05, 3.63) is 59.7 Å². The molecule has 2 aromatic carbocycles. The fourth-order valence-corrected chi connectivity index (χ4v) is 2.23. The SMILES string of the molecule is COc1ccc(C(=O)CCC(=O)N(N)c2ccccc2C)cc1. The van der Waals surface area contributed by atoms with Gasteiger partial charge >= 0.3 is 0 Å². The number of hydrazine groups is 1. The second-order valence-electron chi connectivity index (χ2n) is 5.20. The van der Waals surface area contributed by atoms with Crippen molar-refractivity contribution in [2.45, 2.75) is 19.8 Å². The number of carbonyl (C=O) groups excluding carboxylic acids is 2. The van der Waals surface area contributed by atoms with E-state index in [2.05, 4.69) is 0 Å². The number of para-hydroxylation sites is 1. The molecule has 2 N–H and O–H groups in total. The summed E-state index contributed by atoms with van der Waals surface area (Å²) < 4.78 is 5.05. The molecule has 23 heavy (non-hydrogen) atoms. The van der Waals surface area contributed by atoms with E-state index in [1.807, 2.05) is 25.1 Å². The number of benzene rings is 2. The Labute approximate surface area is 135 Å². The number of amides is 1. The summed E-state index contributed by atoms with van der Waals surface area (Å²) in [6.07, 6.45) is 0.181. The third-order valence-electron chi connectivity index (χ3n) is 3.62. The smallest absolute Gasteiger partial charge is 0.241 e. The number of hydrogen-bond donors (Lipinski definition) is 1. The van der Waals surface area contributed by atoms with Crippen LogP contribution in [0.1, 0.15) is 28.8 Å². The van der Waals surface area contributed by atoms with E-state index in [0.29, 0.717) is 17.0 Å². The van der Waals surface area contributed by atoms with Crippen LogP contribution in [0.3, 0.4) is 0 Å². The summed E-state index contributed by atoms with van der Waals surface area (Å²) in [4.78, 5) is 24.3. The highest BCUT2D eigenvalue weighted by atomic mass is 16.5. The van der Waals surface area contributed by atoms with E-state index in [4.69, 9.17) is 10.6 Å². The van der Waals surface area contributed by atoms with Crippen LogP contribution in [0.2, 0.25) is 0 Å². The van der Waals surface area contributed by atoms with Crippen LogP contribution in [0.5, 0.6) is 5.75 Å². The molecule has 2 aromatic rings. The summed E-state index contributed by atoms with van der Waals surface area (Å²) in [7, 11) is 1.57. The molecule has 0 aromatic heterocycles. The highest BCUT2D eigenvalue weighted by molar-refractivity contribution is 6.00. The quantitative estimate of drug-likeness (QED) is 0.385. The second kappa shape index (κ2) is 7.56. The lowest BCUT2D eigenvalue weighted by molar-refractivity contribution is -0.118. The number of rotatable bonds is 6. The van der Waals surface area contributed by atoms with Gasteiger partial charge in [-0.15, -0.1) is 0 Å². The van der Waals surface area contributed by atoms with Gasteiger partial charge in [-0.2, -0.15) is 0 Å². The lowest BCUT2D eigenvalue weighted by Gasteiger charge is -2.18. The zero-order valence-electron chi connectivity index (χ0n) is 13.3. The van der Waals surface area contributed by atoms with Gasteiger partial charge in [-0.1, -0.05) is 18.2 Å². The Morgan fingerprint density at radius 1 is 1.04 bits per heavy atom. The molecule has 1 amide bonds. The Morgan fingerprint density at radius 2 is 1.70 bits per heavy atom. The highest BCUT2D eigenvalue weighted by Crippen LogP contribution is 2.18. The Kier molecular flexibility index (Phi) is 5.49. The van der Waals surface area contributed by atoms with Crippen LogP contribution in [-0.4, -0.2) is 18.8 Å². The number of nitrogens with two attached hydrogens (primary N) is 1.